The van der Waals surface area contributed by atoms with Crippen molar-refractivity contribution in [1.82, 2.24) is 0 Å². The fourth-order valence-corrected chi connectivity index (χ4v) is 5.52. The Hall–Kier alpha value is -0.610. The lowest BCUT2D eigenvalue weighted by Crippen LogP contribution is -2.42. The molecule has 1 N–H and O–H groups in total. The maximum Gasteiger partial charge on any atom is 0.0824 e. The highest BCUT2D eigenvalue weighted by Gasteiger charge is 2.63. The molecule has 0 aromatic rings. The van der Waals surface area contributed by atoms with Crippen molar-refractivity contribution in [2.24, 2.45) is 16.7 Å². The van der Waals surface area contributed by atoms with Crippen LogP contribution < -0.4 is 0 Å². The molecule has 0 aromatic carbocycles. The lowest BCUT2D eigenvalue weighted by Gasteiger charge is -2.39. The van der Waals surface area contributed by atoms with E-state index < -0.39 is 10.8 Å². The molecule has 108 valence electrons. The molecular weight excluding hydrogens is 260 g/mol. The van der Waals surface area contributed by atoms with Gasteiger partial charge >= 0.3 is 0 Å². The first-order chi connectivity index (χ1) is 8.94. The van der Waals surface area contributed by atoms with Crippen LogP contribution >= 0.6 is 0 Å². The molecule has 1 unspecified atom stereocenters. The first-order valence-corrected chi connectivity index (χ1v) is 8.23. The quantitative estimate of drug-likeness (QED) is 0.623. The van der Waals surface area contributed by atoms with Crippen LogP contribution in [-0.4, -0.2) is 28.3 Å². The van der Waals surface area contributed by atoms with Gasteiger partial charge in [0.25, 0.3) is 0 Å². The Morgan fingerprint density at radius 1 is 1.42 bits per heavy atom. The molecular formula is C15H24O3S. The highest BCUT2D eigenvalue weighted by molar-refractivity contribution is 7.88. The van der Waals surface area contributed by atoms with E-state index in [1.165, 1.54) is 0 Å². The van der Waals surface area contributed by atoms with Crippen LogP contribution in [0.1, 0.15) is 33.1 Å². The SMILES string of the molecule is CO/C=C\C=C\S(=O)C[C@]12CC[C@H](C[C@H]1O)C2(C)C. The summed E-state index contributed by atoms with van der Waals surface area (Å²) in [6, 6.07) is 0. The summed E-state index contributed by atoms with van der Waals surface area (Å²) in [5.74, 6) is 1.14. The van der Waals surface area contributed by atoms with Crippen molar-refractivity contribution in [3.8, 4) is 0 Å². The van der Waals surface area contributed by atoms with Gasteiger partial charge < -0.3 is 9.84 Å². The van der Waals surface area contributed by atoms with Crippen molar-refractivity contribution in [1.29, 1.82) is 0 Å². The van der Waals surface area contributed by atoms with E-state index in [2.05, 4.69) is 13.8 Å². The van der Waals surface area contributed by atoms with E-state index in [0.717, 1.165) is 19.3 Å². The van der Waals surface area contributed by atoms with E-state index >= 15 is 0 Å². The molecule has 0 saturated heterocycles. The molecule has 0 radical (unpaired) electrons. The second-order valence-corrected chi connectivity index (χ2v) is 7.61. The van der Waals surface area contributed by atoms with Crippen LogP contribution in [0.5, 0.6) is 0 Å². The minimum atomic E-state index is -1.04. The topological polar surface area (TPSA) is 46.5 Å². The van der Waals surface area contributed by atoms with Gasteiger partial charge in [-0.15, -0.1) is 0 Å². The zero-order valence-electron chi connectivity index (χ0n) is 12.0. The Bertz CT molecular complexity index is 414. The minimum Gasteiger partial charge on any atom is -0.504 e. The van der Waals surface area contributed by atoms with E-state index in [-0.39, 0.29) is 16.9 Å². The lowest BCUT2D eigenvalue weighted by molar-refractivity contribution is 0.0162. The van der Waals surface area contributed by atoms with Crippen LogP contribution in [0.3, 0.4) is 0 Å². The lowest BCUT2D eigenvalue weighted by atomic mass is 9.70. The van der Waals surface area contributed by atoms with E-state index in [1.54, 1.807) is 30.9 Å². The molecule has 0 aliphatic heterocycles. The van der Waals surface area contributed by atoms with Crippen molar-refractivity contribution < 1.29 is 14.1 Å². The van der Waals surface area contributed by atoms with Crippen LogP contribution in [0.4, 0.5) is 0 Å². The van der Waals surface area contributed by atoms with Crippen molar-refractivity contribution in [3.05, 3.63) is 23.8 Å². The highest BCUT2D eigenvalue weighted by Crippen LogP contribution is 2.65. The van der Waals surface area contributed by atoms with Crippen molar-refractivity contribution >= 4 is 10.8 Å². The van der Waals surface area contributed by atoms with E-state index in [0.29, 0.717) is 11.7 Å². The average Bonchev–Trinajstić information content (AvgIpc) is 2.68. The third-order valence-corrected chi connectivity index (χ3v) is 6.60. The second-order valence-electron chi connectivity index (χ2n) is 6.28. The van der Waals surface area contributed by atoms with Gasteiger partial charge in [-0.1, -0.05) is 19.9 Å². The van der Waals surface area contributed by atoms with Crippen molar-refractivity contribution in [2.45, 2.75) is 39.2 Å². The third-order valence-electron chi connectivity index (χ3n) is 5.34. The molecule has 0 amide bonds. The Morgan fingerprint density at radius 2 is 2.16 bits per heavy atom. The average molecular weight is 284 g/mol. The standard InChI is InChI=1S/C15H24O3S/c1-14(2)12-6-7-15(14,13(16)10-12)11-19(17)9-5-4-8-18-3/h4-5,8-9,12-13,16H,6-7,10-11H2,1-3H3/b8-4-,9-5+/t12-,13-,15-,19?/m1/s1. The highest BCUT2D eigenvalue weighted by atomic mass is 32.2. The van der Waals surface area contributed by atoms with Gasteiger partial charge in [0, 0.05) is 27.4 Å². The number of aliphatic hydroxyl groups excluding tert-OH is 1. The summed E-state index contributed by atoms with van der Waals surface area (Å²) >= 11 is 0. The molecule has 2 fully saturated rings. The zero-order chi connectivity index (χ0) is 14.1. The van der Waals surface area contributed by atoms with Gasteiger partial charge in [0.15, 0.2) is 0 Å². The molecule has 0 aromatic heterocycles. The Balaban J connectivity index is 2.07. The van der Waals surface area contributed by atoms with Gasteiger partial charge in [-0.25, -0.2) is 0 Å². The number of hydrogen-bond donors (Lipinski definition) is 1. The maximum atomic E-state index is 12.2. The van der Waals surface area contributed by atoms with Crippen LogP contribution in [0.2, 0.25) is 0 Å². The molecule has 19 heavy (non-hydrogen) atoms. The molecule has 2 saturated carbocycles. The number of aliphatic hydroxyl groups is 1. The molecule has 2 aliphatic rings. The summed E-state index contributed by atoms with van der Waals surface area (Å²) in [6.45, 7) is 4.46. The van der Waals surface area contributed by atoms with Gasteiger partial charge in [0.05, 0.1) is 19.5 Å². The van der Waals surface area contributed by atoms with E-state index in [9.17, 15) is 9.32 Å². The monoisotopic (exact) mass is 284 g/mol. The summed E-state index contributed by atoms with van der Waals surface area (Å²) < 4.78 is 17.0. The molecule has 0 spiro atoms. The van der Waals surface area contributed by atoms with Crippen LogP contribution in [0.15, 0.2) is 23.8 Å². The normalized spacial score (nSPS) is 38.3. The number of allylic oxidation sites excluding steroid dienone is 2. The third kappa shape index (κ3) is 2.40. The Labute approximate surface area is 118 Å². The molecule has 2 aliphatic carbocycles. The van der Waals surface area contributed by atoms with E-state index in [1.807, 2.05) is 0 Å². The molecule has 2 rings (SSSR count). The first-order valence-electron chi connectivity index (χ1n) is 6.85. The first kappa shape index (κ1) is 14.8. The fraction of sp³-hybridized carbons (Fsp3) is 0.733. The molecule has 3 nitrogen and oxygen atoms in total. The Morgan fingerprint density at radius 3 is 2.68 bits per heavy atom. The van der Waals surface area contributed by atoms with Crippen LogP contribution in [0.25, 0.3) is 0 Å². The predicted molar refractivity (Wildman–Crippen MR) is 77.9 cm³/mol. The summed E-state index contributed by atoms with van der Waals surface area (Å²) in [6.07, 6.45) is 7.76. The van der Waals surface area contributed by atoms with Crippen molar-refractivity contribution in [2.75, 3.05) is 12.9 Å². The number of fused-ring (bicyclic) bond motifs is 2. The predicted octanol–water partition coefficient (Wildman–Crippen LogP) is 2.60. The largest absolute Gasteiger partial charge is 0.504 e. The van der Waals surface area contributed by atoms with Gasteiger partial charge in [-0.3, -0.25) is 4.21 Å². The summed E-state index contributed by atoms with van der Waals surface area (Å²) in [4.78, 5) is 0. The second kappa shape index (κ2) is 5.41. The molecule has 4 atom stereocenters. The molecule has 4 heteroatoms. The number of hydrogen-bond acceptors (Lipinski definition) is 3. The van der Waals surface area contributed by atoms with Crippen molar-refractivity contribution in [3.63, 3.8) is 0 Å². The van der Waals surface area contributed by atoms with Gasteiger partial charge in [-0.2, -0.15) is 0 Å². The number of methoxy groups -OCH3 is 1. The fourth-order valence-electron chi connectivity index (χ4n) is 3.94. The van der Waals surface area contributed by atoms with Gasteiger partial charge in [0.1, 0.15) is 0 Å². The smallest absolute Gasteiger partial charge is 0.0824 e. The number of rotatable bonds is 5. The maximum absolute atomic E-state index is 12.2. The summed E-state index contributed by atoms with van der Waals surface area (Å²) in [5, 5.41) is 12.1. The number of ether oxygens (including phenoxy) is 1. The molecule has 2 bridgehead atoms. The van der Waals surface area contributed by atoms with Gasteiger partial charge in [-0.05, 0) is 36.7 Å². The minimum absolute atomic E-state index is 0.0955. The van der Waals surface area contributed by atoms with Gasteiger partial charge in [0.2, 0.25) is 0 Å². The van der Waals surface area contributed by atoms with Crippen LogP contribution in [0, 0.1) is 16.7 Å². The Kier molecular flexibility index (Phi) is 4.21. The summed E-state index contributed by atoms with van der Waals surface area (Å²) in [5.41, 5.74) is -0.0733. The van der Waals surface area contributed by atoms with E-state index in [4.69, 9.17) is 4.74 Å². The van der Waals surface area contributed by atoms with Crippen LogP contribution in [-0.2, 0) is 15.5 Å². The molecule has 0 heterocycles. The summed E-state index contributed by atoms with van der Waals surface area (Å²) in [7, 11) is 0.539. The zero-order valence-corrected chi connectivity index (χ0v) is 12.8.